The first-order chi connectivity index (χ1) is 21.4. The maximum atomic E-state index is 16.5. The molecule has 45 heavy (non-hydrogen) atoms. The van der Waals surface area contributed by atoms with Crippen LogP contribution in [0.5, 0.6) is 5.75 Å². The maximum Gasteiger partial charge on any atom is 0.416 e. The number of hydrogen-bond donors (Lipinski definition) is 2. The number of pyridine rings is 1. The highest BCUT2D eigenvalue weighted by Gasteiger charge is 2.51. The quantitative estimate of drug-likeness (QED) is 0.344. The number of carbonyl (C=O) groups is 2. The summed E-state index contributed by atoms with van der Waals surface area (Å²) in [4.78, 5) is 35.0. The van der Waals surface area contributed by atoms with Crippen LogP contribution in [0.3, 0.4) is 0 Å². The molecule has 0 aliphatic carbocycles. The fraction of sp³-hybridized carbons (Fsp3) is 0.424. The van der Waals surface area contributed by atoms with E-state index in [1.54, 1.807) is 43.7 Å². The number of benzene rings is 2. The zero-order valence-electron chi connectivity index (χ0n) is 24.6. The molecule has 6 rings (SSSR count). The zero-order chi connectivity index (χ0) is 32.0. The van der Waals surface area contributed by atoms with Gasteiger partial charge in [-0.15, -0.1) is 0 Å². The molecule has 2 fully saturated rings. The highest BCUT2D eigenvalue weighted by atomic mass is 19.4. The van der Waals surface area contributed by atoms with Crippen LogP contribution in [0.4, 0.5) is 28.9 Å². The summed E-state index contributed by atoms with van der Waals surface area (Å²) in [6.07, 6.45) is -2.74. The van der Waals surface area contributed by atoms with E-state index in [0.717, 1.165) is 17.8 Å². The van der Waals surface area contributed by atoms with Crippen molar-refractivity contribution in [3.05, 3.63) is 83.7 Å². The van der Waals surface area contributed by atoms with E-state index in [1.165, 1.54) is 23.1 Å². The summed E-state index contributed by atoms with van der Waals surface area (Å²) in [6, 6.07) is 12.8. The molecule has 6 atom stereocenters. The van der Waals surface area contributed by atoms with E-state index < -0.39 is 47.7 Å². The fourth-order valence-corrected chi connectivity index (χ4v) is 7.37. The van der Waals surface area contributed by atoms with Crippen LogP contribution >= 0.6 is 0 Å². The number of phenolic OH excluding ortho intramolecular Hbond substituents is 1. The van der Waals surface area contributed by atoms with Crippen LogP contribution in [-0.2, 0) is 15.8 Å². The Morgan fingerprint density at radius 3 is 2.44 bits per heavy atom. The number of aromatic nitrogens is 1. The topological polar surface area (TPSA) is 97.2 Å². The molecule has 2 saturated heterocycles. The van der Waals surface area contributed by atoms with Crippen LogP contribution in [0.15, 0.2) is 67.0 Å². The number of fused-ring (bicyclic) bond motifs is 6. The van der Waals surface area contributed by atoms with E-state index in [2.05, 4.69) is 4.98 Å². The van der Waals surface area contributed by atoms with Gasteiger partial charge in [0.05, 0.1) is 11.5 Å². The molecular weight excluding hydrogens is 592 g/mol. The standard InChI is InChI=1S/C33H34F4N4O4/c1-39(22-8-11-38-12-9-22)16-25(19-2-5-23(42)6-3-19)30(34)31(43)40-17-26-24-7-4-21(33(35,36)37)15-29(24)41-13-10-20(32(44)45)14-28(41)27(26)18-40/h2-9,11-12,15,20,25-28,30,42H,10,13-14,16-18H2,1H3,(H,44,45)/t20?,25-,26+,27-,28?,30?/m0/s1. The number of phenols is 1. The molecule has 2 aromatic carbocycles. The lowest BCUT2D eigenvalue weighted by molar-refractivity contribution is -0.143. The number of nitrogens with zero attached hydrogens (tertiary/aromatic N) is 4. The lowest BCUT2D eigenvalue weighted by atomic mass is 9.73. The van der Waals surface area contributed by atoms with Gasteiger partial charge in [0.1, 0.15) is 5.75 Å². The van der Waals surface area contributed by atoms with Gasteiger partial charge < -0.3 is 24.9 Å². The number of aliphatic carboxylic acids is 1. The Kier molecular flexibility index (Phi) is 8.09. The second-order valence-corrected chi connectivity index (χ2v) is 12.3. The summed E-state index contributed by atoms with van der Waals surface area (Å²) in [6.45, 7) is 0.707. The van der Waals surface area contributed by atoms with E-state index in [-0.39, 0.29) is 50.2 Å². The number of carboxylic acids is 1. The number of alkyl halides is 4. The number of likely N-dealkylation sites (tertiary alicyclic amines) is 1. The van der Waals surface area contributed by atoms with E-state index in [1.807, 2.05) is 9.80 Å². The van der Waals surface area contributed by atoms with Gasteiger partial charge in [-0.25, -0.2) is 4.39 Å². The first-order valence-corrected chi connectivity index (χ1v) is 15.0. The number of piperidine rings is 1. The highest BCUT2D eigenvalue weighted by Crippen LogP contribution is 2.51. The number of likely N-dealkylation sites (N-methyl/N-ethyl adjacent to an activating group) is 1. The van der Waals surface area contributed by atoms with Crippen LogP contribution in [0.2, 0.25) is 0 Å². The third-order valence-electron chi connectivity index (χ3n) is 9.72. The van der Waals surface area contributed by atoms with Gasteiger partial charge in [0.15, 0.2) is 6.17 Å². The lowest BCUT2D eigenvalue weighted by Crippen LogP contribution is -2.53. The Morgan fingerprint density at radius 2 is 1.78 bits per heavy atom. The van der Waals surface area contributed by atoms with Crippen LogP contribution in [-0.4, -0.2) is 77.4 Å². The Bertz CT molecular complexity index is 1550. The van der Waals surface area contributed by atoms with Crippen LogP contribution in [0.25, 0.3) is 0 Å². The summed E-state index contributed by atoms with van der Waals surface area (Å²) in [5.74, 6) is -3.85. The highest BCUT2D eigenvalue weighted by molar-refractivity contribution is 5.83. The number of anilines is 2. The number of amides is 1. The van der Waals surface area contributed by atoms with E-state index in [4.69, 9.17) is 0 Å². The molecule has 3 aliphatic rings. The summed E-state index contributed by atoms with van der Waals surface area (Å²) in [5, 5.41) is 19.6. The average Bonchev–Trinajstić information content (AvgIpc) is 3.49. The maximum absolute atomic E-state index is 16.5. The van der Waals surface area contributed by atoms with Crippen molar-refractivity contribution < 1.29 is 37.4 Å². The molecule has 1 aromatic heterocycles. The van der Waals surface area contributed by atoms with Crippen molar-refractivity contribution >= 4 is 23.3 Å². The van der Waals surface area contributed by atoms with Gasteiger partial charge in [0, 0.05) is 80.8 Å². The van der Waals surface area contributed by atoms with Crippen LogP contribution in [0, 0.1) is 11.8 Å². The Morgan fingerprint density at radius 1 is 1.07 bits per heavy atom. The van der Waals surface area contributed by atoms with Crippen molar-refractivity contribution in [2.24, 2.45) is 11.8 Å². The molecule has 8 nitrogen and oxygen atoms in total. The molecule has 238 valence electrons. The Balaban J connectivity index is 1.30. The molecule has 2 N–H and O–H groups in total. The van der Waals surface area contributed by atoms with Gasteiger partial charge in [-0.2, -0.15) is 13.2 Å². The smallest absolute Gasteiger partial charge is 0.416 e. The van der Waals surface area contributed by atoms with Crippen molar-refractivity contribution in [1.82, 2.24) is 9.88 Å². The minimum absolute atomic E-state index is 0.00869. The van der Waals surface area contributed by atoms with Crippen LogP contribution < -0.4 is 9.80 Å². The predicted molar refractivity (Wildman–Crippen MR) is 159 cm³/mol. The Hall–Kier alpha value is -4.35. The van der Waals surface area contributed by atoms with Gasteiger partial charge in [-0.05, 0) is 60.4 Å². The minimum atomic E-state index is -4.55. The third-order valence-corrected chi connectivity index (χ3v) is 9.72. The second kappa shape index (κ2) is 11.9. The largest absolute Gasteiger partial charge is 0.508 e. The molecule has 0 radical (unpaired) electrons. The fourth-order valence-electron chi connectivity index (χ4n) is 7.37. The van der Waals surface area contributed by atoms with Gasteiger partial charge in [-0.3, -0.25) is 14.6 Å². The number of carbonyl (C=O) groups excluding carboxylic acids is 1. The van der Waals surface area contributed by atoms with E-state index in [0.29, 0.717) is 23.2 Å². The molecule has 3 aromatic rings. The minimum Gasteiger partial charge on any atom is -0.508 e. The lowest BCUT2D eigenvalue weighted by Gasteiger charge is -2.49. The molecular formula is C33H34F4N4O4. The molecule has 0 bridgehead atoms. The number of rotatable bonds is 7. The summed E-state index contributed by atoms with van der Waals surface area (Å²) < 4.78 is 57.6. The first kappa shape index (κ1) is 30.7. The summed E-state index contributed by atoms with van der Waals surface area (Å²) in [7, 11) is 1.78. The monoisotopic (exact) mass is 626 g/mol. The van der Waals surface area contributed by atoms with Gasteiger partial charge in [0.2, 0.25) is 0 Å². The number of halogens is 4. The van der Waals surface area contributed by atoms with E-state index in [9.17, 15) is 33.0 Å². The molecule has 0 saturated carbocycles. The normalized spacial score (nSPS) is 23.8. The molecule has 0 spiro atoms. The molecule has 3 unspecified atom stereocenters. The predicted octanol–water partition coefficient (Wildman–Crippen LogP) is 5.29. The number of carboxylic acid groups (broad SMARTS) is 1. The molecule has 3 aliphatic heterocycles. The van der Waals surface area contributed by atoms with Crippen molar-refractivity contribution in [2.45, 2.75) is 43.1 Å². The van der Waals surface area contributed by atoms with Gasteiger partial charge >= 0.3 is 12.1 Å². The van der Waals surface area contributed by atoms with Crippen molar-refractivity contribution in [3.63, 3.8) is 0 Å². The summed E-state index contributed by atoms with van der Waals surface area (Å²) >= 11 is 0. The van der Waals surface area contributed by atoms with E-state index >= 15 is 4.39 Å². The zero-order valence-corrected chi connectivity index (χ0v) is 24.6. The molecule has 1 amide bonds. The average molecular weight is 627 g/mol. The number of aromatic hydroxyl groups is 1. The SMILES string of the molecule is CN(C[C@@H](c1ccc(O)cc1)C(F)C(=O)N1C[C@@H]2c3ccc(C(F)(F)F)cc3N3CCC(C(=O)O)CC3[C@H]2C1)c1ccncc1. The van der Waals surface area contributed by atoms with Crippen molar-refractivity contribution in [1.29, 1.82) is 0 Å². The van der Waals surface area contributed by atoms with Crippen molar-refractivity contribution in [3.8, 4) is 5.75 Å². The van der Waals surface area contributed by atoms with Gasteiger partial charge in [-0.1, -0.05) is 18.2 Å². The third kappa shape index (κ3) is 5.89. The van der Waals surface area contributed by atoms with Gasteiger partial charge in [0.25, 0.3) is 5.91 Å². The number of hydrogen-bond acceptors (Lipinski definition) is 6. The molecule has 4 heterocycles. The Labute approximate surface area is 257 Å². The first-order valence-electron chi connectivity index (χ1n) is 15.0. The van der Waals surface area contributed by atoms with Crippen LogP contribution in [0.1, 0.15) is 41.4 Å². The summed E-state index contributed by atoms with van der Waals surface area (Å²) in [5.41, 5.74) is 1.59. The second-order valence-electron chi connectivity index (χ2n) is 12.3. The molecule has 12 heteroatoms. The van der Waals surface area contributed by atoms with Crippen molar-refractivity contribution in [2.75, 3.05) is 43.0 Å².